The van der Waals surface area contributed by atoms with E-state index in [1.165, 1.54) is 48.8 Å². The van der Waals surface area contributed by atoms with Crippen LogP contribution in [-0.4, -0.2) is 34.2 Å². The lowest BCUT2D eigenvalue weighted by atomic mass is 9.52. The van der Waals surface area contributed by atoms with Gasteiger partial charge in [0.05, 0.1) is 0 Å². The summed E-state index contributed by atoms with van der Waals surface area (Å²) in [5, 5.41) is 19.6. The molecule has 142 valence electrons. The van der Waals surface area contributed by atoms with Crippen molar-refractivity contribution >= 4 is 0 Å². The number of phenols is 2. The van der Waals surface area contributed by atoms with Gasteiger partial charge in [0.15, 0.2) is 0 Å². The standard InChI is InChI=1S/C24H29NO2/c26-19-7-4-17(5-8-19)10-13-25-14-12-24-11-2-1-3-21(24)23(25)15-18-6-9-20(27)16-22(18)24/h4-9,16,21,23,26-27H,1-3,10-15H2/t21-,23-,24-/m0/s1. The van der Waals surface area contributed by atoms with E-state index in [-0.39, 0.29) is 0 Å². The van der Waals surface area contributed by atoms with Gasteiger partial charge in [-0.1, -0.05) is 31.0 Å². The van der Waals surface area contributed by atoms with E-state index in [4.69, 9.17) is 0 Å². The second kappa shape index (κ2) is 6.56. The van der Waals surface area contributed by atoms with Crippen LogP contribution in [0.4, 0.5) is 0 Å². The number of likely N-dealkylation sites (tertiary alicyclic amines) is 1. The number of benzene rings is 2. The molecule has 2 fully saturated rings. The monoisotopic (exact) mass is 363 g/mol. The largest absolute Gasteiger partial charge is 0.508 e. The Labute approximate surface area is 161 Å². The zero-order chi connectivity index (χ0) is 18.4. The molecule has 2 bridgehead atoms. The Morgan fingerprint density at radius 3 is 2.63 bits per heavy atom. The van der Waals surface area contributed by atoms with Gasteiger partial charge in [-0.25, -0.2) is 0 Å². The molecule has 0 spiro atoms. The summed E-state index contributed by atoms with van der Waals surface area (Å²) in [5.74, 6) is 1.51. The highest BCUT2D eigenvalue weighted by Gasteiger charge is 2.53. The fraction of sp³-hybridized carbons (Fsp3) is 0.500. The molecule has 2 N–H and O–H groups in total. The maximum absolute atomic E-state index is 10.1. The molecule has 0 aromatic heterocycles. The molecule has 1 saturated heterocycles. The maximum Gasteiger partial charge on any atom is 0.115 e. The summed E-state index contributed by atoms with van der Waals surface area (Å²) in [6.45, 7) is 2.25. The molecule has 1 heterocycles. The molecule has 0 unspecified atom stereocenters. The first-order valence-electron chi connectivity index (χ1n) is 10.5. The highest BCUT2D eigenvalue weighted by molar-refractivity contribution is 5.45. The molecule has 3 aliphatic rings. The van der Waals surface area contributed by atoms with Crippen molar-refractivity contribution in [3.63, 3.8) is 0 Å². The number of nitrogens with zero attached hydrogens (tertiary/aromatic N) is 1. The van der Waals surface area contributed by atoms with Gasteiger partial charge in [0.1, 0.15) is 11.5 Å². The highest BCUT2D eigenvalue weighted by atomic mass is 16.3. The first kappa shape index (κ1) is 17.1. The van der Waals surface area contributed by atoms with E-state index in [1.807, 2.05) is 18.2 Å². The Balaban J connectivity index is 1.42. The molecule has 2 aromatic carbocycles. The number of rotatable bonds is 3. The fourth-order valence-electron chi connectivity index (χ4n) is 6.29. The minimum absolute atomic E-state index is 0.296. The van der Waals surface area contributed by atoms with E-state index in [0.717, 1.165) is 31.8 Å². The van der Waals surface area contributed by atoms with Crippen molar-refractivity contribution in [2.45, 2.75) is 56.4 Å². The molecule has 27 heavy (non-hydrogen) atoms. The highest BCUT2D eigenvalue weighted by Crippen LogP contribution is 2.56. The van der Waals surface area contributed by atoms with Gasteiger partial charge in [-0.2, -0.15) is 0 Å². The van der Waals surface area contributed by atoms with Crippen molar-refractivity contribution in [1.82, 2.24) is 4.90 Å². The van der Waals surface area contributed by atoms with E-state index in [1.54, 1.807) is 12.1 Å². The predicted octanol–water partition coefficient (Wildman–Crippen LogP) is 4.40. The second-order valence-electron chi connectivity index (χ2n) is 8.82. The normalized spacial score (nSPS) is 29.8. The van der Waals surface area contributed by atoms with E-state index < -0.39 is 0 Å². The third-order valence-electron chi connectivity index (χ3n) is 7.56. The van der Waals surface area contributed by atoms with E-state index in [0.29, 0.717) is 23.0 Å². The SMILES string of the molecule is Oc1ccc(CCN2CC[C@@]34CCCC[C@H]3[C@@H]2Cc2ccc(O)cc24)cc1. The van der Waals surface area contributed by atoms with Crippen LogP contribution >= 0.6 is 0 Å². The molecule has 5 rings (SSSR count). The quantitative estimate of drug-likeness (QED) is 0.849. The predicted molar refractivity (Wildman–Crippen MR) is 107 cm³/mol. The summed E-state index contributed by atoms with van der Waals surface area (Å²) in [7, 11) is 0. The molecule has 1 aliphatic heterocycles. The van der Waals surface area contributed by atoms with Crippen molar-refractivity contribution in [2.24, 2.45) is 5.92 Å². The Kier molecular flexibility index (Phi) is 4.16. The smallest absolute Gasteiger partial charge is 0.115 e. The molecule has 3 nitrogen and oxygen atoms in total. The van der Waals surface area contributed by atoms with Gasteiger partial charge in [0.2, 0.25) is 0 Å². The molecule has 1 saturated carbocycles. The first-order valence-corrected chi connectivity index (χ1v) is 10.5. The van der Waals surface area contributed by atoms with E-state index in [2.05, 4.69) is 17.0 Å². The Hall–Kier alpha value is -2.00. The number of fused-ring (bicyclic) bond motifs is 1. The van der Waals surface area contributed by atoms with Crippen molar-refractivity contribution in [1.29, 1.82) is 0 Å². The first-order chi connectivity index (χ1) is 13.2. The molecule has 2 aromatic rings. The Morgan fingerprint density at radius 1 is 0.963 bits per heavy atom. The fourth-order valence-corrected chi connectivity index (χ4v) is 6.29. The van der Waals surface area contributed by atoms with Crippen LogP contribution in [0.1, 0.15) is 48.8 Å². The summed E-state index contributed by atoms with van der Waals surface area (Å²) in [6.07, 6.45) is 8.68. The van der Waals surface area contributed by atoms with Crippen molar-refractivity contribution < 1.29 is 10.2 Å². The van der Waals surface area contributed by atoms with Crippen LogP contribution in [0.3, 0.4) is 0 Å². The topological polar surface area (TPSA) is 43.7 Å². The molecule has 3 heteroatoms. The molecule has 3 atom stereocenters. The van der Waals surface area contributed by atoms with Gasteiger partial charge in [-0.05, 0) is 85.5 Å². The Bertz CT molecular complexity index is 831. The molecule has 0 amide bonds. The minimum Gasteiger partial charge on any atom is -0.508 e. The number of aromatic hydroxyl groups is 2. The number of hydrogen-bond donors (Lipinski definition) is 2. The molecule has 2 aliphatic carbocycles. The summed E-state index contributed by atoms with van der Waals surface area (Å²) in [4.78, 5) is 2.73. The van der Waals surface area contributed by atoms with Crippen LogP contribution in [-0.2, 0) is 18.3 Å². The van der Waals surface area contributed by atoms with Crippen LogP contribution in [0.5, 0.6) is 11.5 Å². The molecule has 0 radical (unpaired) electrons. The van der Waals surface area contributed by atoms with Crippen molar-refractivity contribution in [3.8, 4) is 11.5 Å². The van der Waals surface area contributed by atoms with E-state index in [9.17, 15) is 10.2 Å². The zero-order valence-corrected chi connectivity index (χ0v) is 15.9. The van der Waals surface area contributed by atoms with Crippen molar-refractivity contribution in [3.05, 3.63) is 59.2 Å². The van der Waals surface area contributed by atoms with Crippen LogP contribution in [0.2, 0.25) is 0 Å². The van der Waals surface area contributed by atoms with Crippen LogP contribution < -0.4 is 0 Å². The zero-order valence-electron chi connectivity index (χ0n) is 15.9. The summed E-state index contributed by atoms with van der Waals surface area (Å²) < 4.78 is 0. The van der Waals surface area contributed by atoms with Gasteiger partial charge >= 0.3 is 0 Å². The van der Waals surface area contributed by atoms with Gasteiger partial charge in [0.25, 0.3) is 0 Å². The van der Waals surface area contributed by atoms with Crippen LogP contribution in [0.15, 0.2) is 42.5 Å². The number of hydrogen-bond acceptors (Lipinski definition) is 3. The summed E-state index contributed by atoms with van der Waals surface area (Å²) >= 11 is 0. The average Bonchev–Trinajstić information content (AvgIpc) is 2.69. The average molecular weight is 364 g/mol. The lowest BCUT2D eigenvalue weighted by Crippen LogP contribution is -2.61. The van der Waals surface area contributed by atoms with E-state index >= 15 is 0 Å². The third kappa shape index (κ3) is 2.84. The number of piperidine rings is 1. The minimum atomic E-state index is 0.296. The maximum atomic E-state index is 10.1. The van der Waals surface area contributed by atoms with Gasteiger partial charge in [-0.3, -0.25) is 4.90 Å². The molecular weight excluding hydrogens is 334 g/mol. The van der Waals surface area contributed by atoms with Gasteiger partial charge < -0.3 is 10.2 Å². The van der Waals surface area contributed by atoms with Gasteiger partial charge in [0, 0.05) is 18.0 Å². The molecular formula is C24H29NO2. The lowest BCUT2D eigenvalue weighted by Gasteiger charge is -2.59. The Morgan fingerprint density at radius 2 is 1.78 bits per heavy atom. The second-order valence-corrected chi connectivity index (χ2v) is 8.82. The summed E-state index contributed by atoms with van der Waals surface area (Å²) in [5.41, 5.74) is 4.52. The number of phenolic OH excluding ortho intramolecular Hbond substituents is 2. The summed E-state index contributed by atoms with van der Waals surface area (Å²) in [6, 6.07) is 14.4. The third-order valence-corrected chi connectivity index (χ3v) is 7.56. The van der Waals surface area contributed by atoms with Crippen molar-refractivity contribution in [2.75, 3.05) is 13.1 Å². The lowest BCUT2D eigenvalue weighted by molar-refractivity contribution is -0.0106. The van der Waals surface area contributed by atoms with Crippen LogP contribution in [0, 0.1) is 5.92 Å². The van der Waals surface area contributed by atoms with Crippen LogP contribution in [0.25, 0.3) is 0 Å². The van der Waals surface area contributed by atoms with Gasteiger partial charge in [-0.15, -0.1) is 0 Å².